The Morgan fingerprint density at radius 2 is 1.74 bits per heavy atom. The molecule has 1 aliphatic heterocycles. The van der Waals surface area contributed by atoms with Crippen molar-refractivity contribution in [2.24, 2.45) is 17.8 Å². The fourth-order valence-electron chi connectivity index (χ4n) is 4.56. The molecule has 3 aromatic rings. The summed E-state index contributed by atoms with van der Waals surface area (Å²) in [6, 6.07) is 18.6. The Kier molecular flexibility index (Phi) is 4.84. The number of ether oxygens (including phenoxy) is 2. The van der Waals surface area contributed by atoms with Gasteiger partial charge in [0, 0.05) is 30.6 Å². The molecule has 0 radical (unpaired) electrons. The summed E-state index contributed by atoms with van der Waals surface area (Å²) < 4.78 is 11.5. The molecular weight excluding hydrogens is 388 g/mol. The van der Waals surface area contributed by atoms with Gasteiger partial charge in [-0.2, -0.15) is 0 Å². The minimum atomic E-state index is -0.442. The van der Waals surface area contributed by atoms with Crippen LogP contribution in [0.1, 0.15) is 20.8 Å². The lowest BCUT2D eigenvalue weighted by Gasteiger charge is -2.25. The minimum Gasteiger partial charge on any atom is -0.493 e. The van der Waals surface area contributed by atoms with Gasteiger partial charge in [0.2, 0.25) is 0 Å². The van der Waals surface area contributed by atoms with E-state index in [1.165, 1.54) is 5.56 Å². The van der Waals surface area contributed by atoms with Crippen LogP contribution < -0.4 is 4.74 Å². The van der Waals surface area contributed by atoms with E-state index in [2.05, 4.69) is 41.4 Å². The number of rotatable bonds is 4. The molecule has 1 saturated carbocycles. The average molecular weight is 417 g/mol. The van der Waals surface area contributed by atoms with Crippen LogP contribution in [0.4, 0.5) is 4.79 Å². The van der Waals surface area contributed by atoms with Crippen LogP contribution in [0.25, 0.3) is 22.0 Å². The number of aromatic nitrogens is 1. The highest BCUT2D eigenvalue weighted by molar-refractivity contribution is 5.84. The van der Waals surface area contributed by atoms with Crippen LogP contribution in [-0.2, 0) is 4.74 Å². The molecule has 160 valence electrons. The monoisotopic (exact) mass is 416 g/mol. The van der Waals surface area contributed by atoms with Crippen molar-refractivity contribution in [3.8, 4) is 16.9 Å². The fourth-order valence-corrected chi connectivity index (χ4v) is 4.56. The van der Waals surface area contributed by atoms with E-state index in [0.717, 1.165) is 35.3 Å². The molecule has 2 atom stereocenters. The van der Waals surface area contributed by atoms with Gasteiger partial charge in [-0.05, 0) is 74.1 Å². The second-order valence-corrected chi connectivity index (χ2v) is 9.62. The molecule has 1 aliphatic carbocycles. The molecule has 1 amide bonds. The lowest BCUT2D eigenvalue weighted by Crippen LogP contribution is -2.37. The quantitative estimate of drug-likeness (QED) is 0.572. The van der Waals surface area contributed by atoms with Crippen LogP contribution in [0, 0.1) is 17.8 Å². The minimum absolute atomic E-state index is 0.195. The summed E-state index contributed by atoms with van der Waals surface area (Å²) in [6.07, 6.45) is 1.62. The van der Waals surface area contributed by atoms with Crippen LogP contribution in [0.5, 0.6) is 5.75 Å². The normalized spacial score (nSPS) is 22.3. The zero-order valence-electron chi connectivity index (χ0n) is 18.2. The first-order valence-corrected chi connectivity index (χ1v) is 10.9. The summed E-state index contributed by atoms with van der Waals surface area (Å²) in [5.74, 6) is 2.50. The largest absolute Gasteiger partial charge is 0.493 e. The van der Waals surface area contributed by atoms with Crippen molar-refractivity contribution in [2.45, 2.75) is 26.4 Å². The van der Waals surface area contributed by atoms with E-state index in [0.29, 0.717) is 24.4 Å². The first-order chi connectivity index (χ1) is 14.9. The van der Waals surface area contributed by atoms with Crippen molar-refractivity contribution in [2.75, 3.05) is 19.7 Å². The zero-order valence-corrected chi connectivity index (χ0v) is 18.2. The molecule has 2 heterocycles. The van der Waals surface area contributed by atoms with Crippen LogP contribution >= 0.6 is 0 Å². The summed E-state index contributed by atoms with van der Waals surface area (Å²) in [6.45, 7) is 7.98. The van der Waals surface area contributed by atoms with Gasteiger partial charge < -0.3 is 14.4 Å². The van der Waals surface area contributed by atoms with Gasteiger partial charge in [-0.3, -0.25) is 4.98 Å². The highest BCUT2D eigenvalue weighted by Gasteiger charge is 2.57. The first-order valence-electron chi connectivity index (χ1n) is 10.9. The maximum Gasteiger partial charge on any atom is 0.410 e. The van der Waals surface area contributed by atoms with E-state index in [1.807, 2.05) is 50.1 Å². The lowest BCUT2D eigenvalue weighted by molar-refractivity contribution is 0.0261. The number of carbonyl (C=O) groups is 1. The van der Waals surface area contributed by atoms with Crippen LogP contribution in [0.2, 0.25) is 0 Å². The van der Waals surface area contributed by atoms with Crippen LogP contribution in [0.3, 0.4) is 0 Å². The maximum atomic E-state index is 12.2. The molecule has 5 nitrogen and oxygen atoms in total. The standard InChI is InChI=1S/C26H28N2O3/c1-26(2,3)31-25(29)28-14-21-22(15-28)23(21)16-30-20-9-6-17(7-10-20)18-8-11-24-19(13-18)5-4-12-27-24/h4-13,21-23H,14-16H2,1-3H3. The van der Waals surface area contributed by atoms with E-state index in [-0.39, 0.29) is 6.09 Å². The second-order valence-electron chi connectivity index (χ2n) is 9.62. The molecule has 2 aliphatic rings. The molecule has 31 heavy (non-hydrogen) atoms. The number of carbonyl (C=O) groups excluding carboxylic acids is 1. The van der Waals surface area contributed by atoms with Gasteiger partial charge in [-0.15, -0.1) is 0 Å². The SMILES string of the molecule is CC(C)(C)OC(=O)N1CC2C(COc3ccc(-c4ccc5ncccc5c4)cc3)C2C1. The number of likely N-dealkylation sites (tertiary alicyclic amines) is 1. The number of benzene rings is 2. The predicted molar refractivity (Wildman–Crippen MR) is 121 cm³/mol. The number of piperidine rings is 1. The molecule has 2 fully saturated rings. The Labute approximate surface area is 183 Å². The van der Waals surface area contributed by atoms with Gasteiger partial charge in [-0.1, -0.05) is 24.3 Å². The summed E-state index contributed by atoms with van der Waals surface area (Å²) in [4.78, 5) is 18.4. The zero-order chi connectivity index (χ0) is 21.6. The molecule has 2 aromatic carbocycles. The summed E-state index contributed by atoms with van der Waals surface area (Å²) >= 11 is 0. The molecule has 5 rings (SSSR count). The van der Waals surface area contributed by atoms with Gasteiger partial charge in [0.05, 0.1) is 12.1 Å². The number of hydrogen-bond acceptors (Lipinski definition) is 4. The van der Waals surface area contributed by atoms with Crippen LogP contribution in [-0.4, -0.2) is 41.3 Å². The van der Waals surface area contributed by atoms with Crippen molar-refractivity contribution in [1.29, 1.82) is 0 Å². The summed E-state index contributed by atoms with van der Waals surface area (Å²) in [7, 11) is 0. The van der Waals surface area contributed by atoms with Gasteiger partial charge in [0.15, 0.2) is 0 Å². The van der Waals surface area contributed by atoms with Crippen molar-refractivity contribution < 1.29 is 14.3 Å². The Balaban J connectivity index is 1.14. The maximum absolute atomic E-state index is 12.2. The van der Waals surface area contributed by atoms with Crippen LogP contribution in [0.15, 0.2) is 60.8 Å². The molecular formula is C26H28N2O3. The number of fused-ring (bicyclic) bond motifs is 2. The molecule has 1 aromatic heterocycles. The third-order valence-electron chi connectivity index (χ3n) is 6.26. The highest BCUT2D eigenvalue weighted by atomic mass is 16.6. The van der Waals surface area contributed by atoms with Crippen molar-refractivity contribution >= 4 is 17.0 Å². The highest BCUT2D eigenvalue weighted by Crippen LogP contribution is 2.52. The van der Waals surface area contributed by atoms with E-state index < -0.39 is 5.60 Å². The van der Waals surface area contributed by atoms with Gasteiger partial charge in [-0.25, -0.2) is 4.79 Å². The third kappa shape index (κ3) is 4.22. The van der Waals surface area contributed by atoms with Crippen molar-refractivity contribution in [3.05, 3.63) is 60.8 Å². The number of nitrogens with zero attached hydrogens (tertiary/aromatic N) is 2. The lowest BCUT2D eigenvalue weighted by atomic mass is 10.0. The van der Waals surface area contributed by atoms with Gasteiger partial charge in [0.25, 0.3) is 0 Å². The molecule has 0 spiro atoms. The van der Waals surface area contributed by atoms with E-state index >= 15 is 0 Å². The molecule has 5 heteroatoms. The Hall–Kier alpha value is -3.08. The van der Waals surface area contributed by atoms with E-state index in [1.54, 1.807) is 0 Å². The number of hydrogen-bond donors (Lipinski definition) is 0. The second kappa shape index (κ2) is 7.56. The first kappa shape index (κ1) is 19.9. The number of pyridine rings is 1. The van der Waals surface area contributed by atoms with Crippen molar-refractivity contribution in [3.63, 3.8) is 0 Å². The molecule has 2 unspecified atom stereocenters. The molecule has 1 saturated heterocycles. The Bertz CT molecular complexity index is 1090. The average Bonchev–Trinajstić information content (AvgIpc) is 3.19. The fraction of sp³-hybridized carbons (Fsp3) is 0.385. The van der Waals surface area contributed by atoms with Crippen molar-refractivity contribution in [1.82, 2.24) is 9.88 Å². The third-order valence-corrected chi connectivity index (χ3v) is 6.26. The smallest absolute Gasteiger partial charge is 0.410 e. The number of amides is 1. The predicted octanol–water partition coefficient (Wildman–Crippen LogP) is 5.39. The topological polar surface area (TPSA) is 51.7 Å². The van der Waals surface area contributed by atoms with E-state index in [4.69, 9.17) is 9.47 Å². The van der Waals surface area contributed by atoms with Gasteiger partial charge in [0.1, 0.15) is 11.4 Å². The van der Waals surface area contributed by atoms with Gasteiger partial charge >= 0.3 is 6.09 Å². The Morgan fingerprint density at radius 3 is 2.45 bits per heavy atom. The Morgan fingerprint density at radius 1 is 1.03 bits per heavy atom. The van der Waals surface area contributed by atoms with E-state index in [9.17, 15) is 4.79 Å². The summed E-state index contributed by atoms with van der Waals surface area (Å²) in [5, 5.41) is 1.14. The summed E-state index contributed by atoms with van der Waals surface area (Å²) in [5.41, 5.74) is 2.90. The molecule has 0 N–H and O–H groups in total. The molecule has 0 bridgehead atoms.